The van der Waals surface area contributed by atoms with E-state index >= 15 is 0 Å². The summed E-state index contributed by atoms with van der Waals surface area (Å²) in [6, 6.07) is 30.1. The molecule has 0 atom stereocenters. The Kier molecular flexibility index (Phi) is 3.36. The minimum absolute atomic E-state index is 1.02. The molecule has 0 bridgehead atoms. The largest absolute Gasteiger partial charge is 0.333 e. The van der Waals surface area contributed by atoms with Crippen LogP contribution in [0.3, 0.4) is 0 Å². The normalized spacial score (nSPS) is 11.3. The smallest absolute Gasteiger partial charge is 0.0963 e. The molecule has 0 fully saturated rings. The van der Waals surface area contributed by atoms with Crippen molar-refractivity contribution < 1.29 is 0 Å². The number of imidazole rings is 1. The molecular weight excluding hydrogens is 316 g/mol. The lowest BCUT2D eigenvalue weighted by atomic mass is 9.99. The minimum Gasteiger partial charge on any atom is -0.333 e. The van der Waals surface area contributed by atoms with Crippen LogP contribution in [0.25, 0.3) is 44.1 Å². The van der Waals surface area contributed by atoms with E-state index in [1.165, 1.54) is 27.1 Å². The second-order valence-electron chi connectivity index (χ2n) is 6.68. The number of benzene rings is 4. The van der Waals surface area contributed by atoms with Crippen molar-refractivity contribution >= 4 is 21.5 Å². The Bertz CT molecular complexity index is 1250. The Morgan fingerprint density at radius 1 is 0.615 bits per heavy atom. The lowest BCUT2D eigenvalue weighted by molar-refractivity contribution is 0.922. The van der Waals surface area contributed by atoms with Crippen LogP contribution in [0.4, 0.5) is 0 Å². The monoisotopic (exact) mass is 334 g/mol. The quantitative estimate of drug-likeness (QED) is 0.383. The summed E-state index contributed by atoms with van der Waals surface area (Å²) in [6.45, 7) is 0. The van der Waals surface area contributed by atoms with Crippen LogP contribution < -0.4 is 0 Å². The van der Waals surface area contributed by atoms with Gasteiger partial charge in [0.1, 0.15) is 0 Å². The topological polar surface area (TPSA) is 17.8 Å². The molecule has 0 saturated heterocycles. The molecule has 0 spiro atoms. The molecule has 1 aromatic heterocycles. The van der Waals surface area contributed by atoms with E-state index in [0.717, 1.165) is 17.0 Å². The van der Waals surface area contributed by atoms with Crippen molar-refractivity contribution in [3.8, 4) is 22.5 Å². The number of rotatable bonds is 2. The van der Waals surface area contributed by atoms with Crippen molar-refractivity contribution in [2.24, 2.45) is 7.05 Å². The maximum absolute atomic E-state index is 4.71. The molecule has 5 aromatic rings. The van der Waals surface area contributed by atoms with Crippen molar-refractivity contribution in [3.05, 3.63) is 91.3 Å². The van der Waals surface area contributed by atoms with Crippen LogP contribution in [-0.2, 0) is 7.05 Å². The number of fused-ring (bicyclic) bond motifs is 2. The Balaban J connectivity index is 1.71. The zero-order chi connectivity index (χ0) is 17.5. The standard InChI is InChI=1S/C24H18N2/c1-26-16-25-23(21-12-10-17-6-2-4-8-19(17)14-21)24(26)22-13-11-18-7-3-5-9-20(18)15-22/h2-16H,1H3. The maximum Gasteiger partial charge on any atom is 0.0963 e. The summed E-state index contributed by atoms with van der Waals surface area (Å²) in [5.74, 6) is 0. The molecule has 0 radical (unpaired) electrons. The summed E-state index contributed by atoms with van der Waals surface area (Å²) in [5.41, 5.74) is 4.50. The highest BCUT2D eigenvalue weighted by Crippen LogP contribution is 2.33. The van der Waals surface area contributed by atoms with Crippen LogP contribution in [0.2, 0.25) is 0 Å². The van der Waals surface area contributed by atoms with Crippen molar-refractivity contribution in [1.82, 2.24) is 9.55 Å². The average Bonchev–Trinajstić information content (AvgIpc) is 3.08. The zero-order valence-electron chi connectivity index (χ0n) is 14.6. The van der Waals surface area contributed by atoms with E-state index in [1.807, 2.05) is 6.33 Å². The Morgan fingerprint density at radius 3 is 1.81 bits per heavy atom. The van der Waals surface area contributed by atoms with Crippen molar-refractivity contribution in [2.75, 3.05) is 0 Å². The molecule has 0 aliphatic carbocycles. The third-order valence-electron chi connectivity index (χ3n) is 4.98. The van der Waals surface area contributed by atoms with E-state index in [0.29, 0.717) is 0 Å². The summed E-state index contributed by atoms with van der Waals surface area (Å²) in [4.78, 5) is 4.71. The van der Waals surface area contributed by atoms with Gasteiger partial charge in [-0.1, -0.05) is 72.8 Å². The highest BCUT2D eigenvalue weighted by atomic mass is 15.0. The summed E-state index contributed by atoms with van der Waals surface area (Å²) in [6.07, 6.45) is 1.90. The van der Waals surface area contributed by atoms with Crippen LogP contribution in [0, 0.1) is 0 Å². The fourth-order valence-electron chi connectivity index (χ4n) is 3.66. The second kappa shape index (κ2) is 5.85. The first-order chi connectivity index (χ1) is 12.8. The second-order valence-corrected chi connectivity index (χ2v) is 6.68. The fourth-order valence-corrected chi connectivity index (χ4v) is 3.66. The fraction of sp³-hybridized carbons (Fsp3) is 0.0417. The predicted octanol–water partition coefficient (Wildman–Crippen LogP) is 6.06. The molecule has 5 rings (SSSR count). The number of hydrogen-bond donors (Lipinski definition) is 0. The molecule has 0 saturated carbocycles. The van der Waals surface area contributed by atoms with Crippen LogP contribution in [-0.4, -0.2) is 9.55 Å². The molecular formula is C24H18N2. The van der Waals surface area contributed by atoms with Crippen LogP contribution >= 0.6 is 0 Å². The van der Waals surface area contributed by atoms with Crippen LogP contribution in [0.1, 0.15) is 0 Å². The van der Waals surface area contributed by atoms with Crippen LogP contribution in [0.5, 0.6) is 0 Å². The van der Waals surface area contributed by atoms with Gasteiger partial charge in [-0.25, -0.2) is 4.98 Å². The lowest BCUT2D eigenvalue weighted by Gasteiger charge is -2.09. The molecule has 26 heavy (non-hydrogen) atoms. The van der Waals surface area contributed by atoms with Gasteiger partial charge in [0, 0.05) is 18.2 Å². The van der Waals surface area contributed by atoms with Gasteiger partial charge in [-0.15, -0.1) is 0 Å². The van der Waals surface area contributed by atoms with Gasteiger partial charge in [-0.2, -0.15) is 0 Å². The van der Waals surface area contributed by atoms with Gasteiger partial charge < -0.3 is 4.57 Å². The molecule has 2 heteroatoms. The van der Waals surface area contributed by atoms with E-state index < -0.39 is 0 Å². The number of hydrogen-bond acceptors (Lipinski definition) is 1. The Hall–Kier alpha value is -3.39. The van der Waals surface area contributed by atoms with Crippen molar-refractivity contribution in [3.63, 3.8) is 0 Å². The van der Waals surface area contributed by atoms with Gasteiger partial charge >= 0.3 is 0 Å². The molecule has 0 unspecified atom stereocenters. The number of aryl methyl sites for hydroxylation is 1. The summed E-state index contributed by atoms with van der Waals surface area (Å²) in [5, 5.41) is 4.99. The summed E-state index contributed by atoms with van der Waals surface area (Å²) < 4.78 is 2.11. The first-order valence-corrected chi connectivity index (χ1v) is 8.79. The van der Waals surface area contributed by atoms with Crippen LogP contribution in [0.15, 0.2) is 91.3 Å². The zero-order valence-corrected chi connectivity index (χ0v) is 14.6. The third-order valence-corrected chi connectivity index (χ3v) is 4.98. The minimum atomic E-state index is 1.02. The first kappa shape index (κ1) is 14.9. The molecule has 0 amide bonds. The van der Waals surface area contributed by atoms with Gasteiger partial charge in [0.25, 0.3) is 0 Å². The molecule has 124 valence electrons. The number of aromatic nitrogens is 2. The third kappa shape index (κ3) is 2.39. The molecule has 0 aliphatic rings. The molecule has 0 N–H and O–H groups in total. The van der Waals surface area contributed by atoms with Gasteiger partial charge in [0.05, 0.1) is 17.7 Å². The molecule has 1 heterocycles. The van der Waals surface area contributed by atoms with Gasteiger partial charge in [-0.3, -0.25) is 0 Å². The molecule has 4 aromatic carbocycles. The van der Waals surface area contributed by atoms with E-state index in [2.05, 4.69) is 96.5 Å². The first-order valence-electron chi connectivity index (χ1n) is 8.79. The highest BCUT2D eigenvalue weighted by Gasteiger charge is 2.14. The maximum atomic E-state index is 4.71. The van der Waals surface area contributed by atoms with Gasteiger partial charge in [-0.05, 0) is 33.7 Å². The molecule has 2 nitrogen and oxygen atoms in total. The van der Waals surface area contributed by atoms with E-state index in [4.69, 9.17) is 4.98 Å². The van der Waals surface area contributed by atoms with Gasteiger partial charge in [0.2, 0.25) is 0 Å². The summed E-state index contributed by atoms with van der Waals surface area (Å²) in [7, 11) is 2.06. The SMILES string of the molecule is Cn1cnc(-c2ccc3ccccc3c2)c1-c1ccc2ccccc2c1. The molecule has 0 aliphatic heterocycles. The average molecular weight is 334 g/mol. The summed E-state index contributed by atoms with van der Waals surface area (Å²) >= 11 is 0. The van der Waals surface area contributed by atoms with E-state index in [-0.39, 0.29) is 0 Å². The van der Waals surface area contributed by atoms with Crippen molar-refractivity contribution in [2.45, 2.75) is 0 Å². The number of nitrogens with zero attached hydrogens (tertiary/aromatic N) is 2. The van der Waals surface area contributed by atoms with E-state index in [9.17, 15) is 0 Å². The van der Waals surface area contributed by atoms with E-state index in [1.54, 1.807) is 0 Å². The highest BCUT2D eigenvalue weighted by molar-refractivity contribution is 5.92. The Labute approximate surface area is 152 Å². The predicted molar refractivity (Wildman–Crippen MR) is 109 cm³/mol. The van der Waals surface area contributed by atoms with Gasteiger partial charge in [0.15, 0.2) is 0 Å². The Morgan fingerprint density at radius 2 is 1.15 bits per heavy atom. The lowest BCUT2D eigenvalue weighted by Crippen LogP contribution is -1.92. The van der Waals surface area contributed by atoms with Crippen molar-refractivity contribution in [1.29, 1.82) is 0 Å².